The monoisotopic (exact) mass is 387 g/mol. The van der Waals surface area contributed by atoms with Crippen molar-refractivity contribution in [3.05, 3.63) is 65.5 Å². The van der Waals surface area contributed by atoms with Crippen LogP contribution in [0.15, 0.2) is 48.5 Å². The van der Waals surface area contributed by atoms with E-state index in [1.165, 1.54) is 0 Å². The number of nitrogens with zero attached hydrogens (tertiary/aromatic N) is 3. The highest BCUT2D eigenvalue weighted by Gasteiger charge is 2.15. The van der Waals surface area contributed by atoms with E-state index < -0.39 is 0 Å². The molecule has 0 radical (unpaired) electrons. The van der Waals surface area contributed by atoms with Gasteiger partial charge in [-0.25, -0.2) is 9.97 Å². The van der Waals surface area contributed by atoms with Crippen LogP contribution in [0.1, 0.15) is 21.7 Å². The standard InChI is InChI=1S/C21H17N5O3/c1-13-10-17(26-21(23-13)25-16-5-3-2-4-14(16)12-22)20(27)24-15-6-7-18-19(11-15)29-9-8-28-18/h2-7,10-11H,8-9H2,1H3,(H,24,27)(H,23,25,26). The molecule has 2 aromatic carbocycles. The van der Waals surface area contributed by atoms with Crippen molar-refractivity contribution in [1.82, 2.24) is 9.97 Å². The molecule has 1 amide bonds. The van der Waals surface area contributed by atoms with Gasteiger partial charge in [0.1, 0.15) is 25.0 Å². The van der Waals surface area contributed by atoms with Crippen LogP contribution in [0.2, 0.25) is 0 Å². The lowest BCUT2D eigenvalue weighted by atomic mass is 10.2. The molecule has 4 rings (SSSR count). The zero-order valence-corrected chi connectivity index (χ0v) is 15.6. The van der Waals surface area contributed by atoms with Crippen molar-refractivity contribution in [3.8, 4) is 17.6 Å². The predicted molar refractivity (Wildman–Crippen MR) is 107 cm³/mol. The van der Waals surface area contributed by atoms with E-state index in [4.69, 9.17) is 9.47 Å². The molecule has 0 saturated heterocycles. The van der Waals surface area contributed by atoms with Crippen molar-refractivity contribution in [2.75, 3.05) is 23.8 Å². The Hall–Kier alpha value is -4.12. The lowest BCUT2D eigenvalue weighted by molar-refractivity contribution is 0.102. The number of aromatic nitrogens is 2. The van der Waals surface area contributed by atoms with Crippen LogP contribution in [0.4, 0.5) is 17.3 Å². The van der Waals surface area contributed by atoms with E-state index in [2.05, 4.69) is 26.7 Å². The number of carbonyl (C=O) groups is 1. The van der Waals surface area contributed by atoms with Gasteiger partial charge in [0.15, 0.2) is 11.5 Å². The second kappa shape index (κ2) is 7.86. The number of para-hydroxylation sites is 1. The van der Waals surface area contributed by atoms with Gasteiger partial charge in [-0.2, -0.15) is 5.26 Å². The van der Waals surface area contributed by atoms with Crippen molar-refractivity contribution in [1.29, 1.82) is 5.26 Å². The Labute approximate surface area is 167 Å². The Morgan fingerprint density at radius 1 is 1.07 bits per heavy atom. The molecule has 1 aliphatic heterocycles. The van der Waals surface area contributed by atoms with E-state index in [9.17, 15) is 10.1 Å². The van der Waals surface area contributed by atoms with E-state index in [0.29, 0.717) is 47.3 Å². The summed E-state index contributed by atoms with van der Waals surface area (Å²) in [6.07, 6.45) is 0. The molecule has 2 N–H and O–H groups in total. The van der Waals surface area contributed by atoms with E-state index in [-0.39, 0.29) is 17.5 Å². The minimum atomic E-state index is -0.385. The summed E-state index contributed by atoms with van der Waals surface area (Å²) in [6, 6.07) is 15.9. The molecule has 0 unspecified atom stereocenters. The quantitative estimate of drug-likeness (QED) is 0.706. The Bertz CT molecular complexity index is 1120. The molecule has 0 aliphatic carbocycles. The molecule has 0 saturated carbocycles. The van der Waals surface area contributed by atoms with Crippen LogP contribution in [0.25, 0.3) is 0 Å². The van der Waals surface area contributed by atoms with Crippen LogP contribution < -0.4 is 20.1 Å². The molecule has 1 aliphatic rings. The van der Waals surface area contributed by atoms with E-state index in [1.54, 1.807) is 55.5 Å². The number of hydrogen-bond acceptors (Lipinski definition) is 7. The van der Waals surface area contributed by atoms with Gasteiger partial charge < -0.3 is 20.1 Å². The number of fused-ring (bicyclic) bond motifs is 1. The van der Waals surface area contributed by atoms with E-state index in [0.717, 1.165) is 0 Å². The zero-order valence-electron chi connectivity index (χ0n) is 15.6. The molecule has 29 heavy (non-hydrogen) atoms. The SMILES string of the molecule is Cc1cc(C(=O)Nc2ccc3c(c2)OCCO3)nc(Nc2ccccc2C#N)n1. The number of anilines is 3. The highest BCUT2D eigenvalue weighted by atomic mass is 16.6. The Morgan fingerprint density at radius 2 is 1.86 bits per heavy atom. The summed E-state index contributed by atoms with van der Waals surface area (Å²) in [4.78, 5) is 21.3. The number of nitriles is 1. The molecule has 0 fully saturated rings. The average molecular weight is 387 g/mol. The average Bonchev–Trinajstić information content (AvgIpc) is 2.73. The Kier molecular flexibility index (Phi) is 4.95. The number of rotatable bonds is 4. The lowest BCUT2D eigenvalue weighted by Gasteiger charge is -2.19. The van der Waals surface area contributed by atoms with Crippen molar-refractivity contribution in [2.45, 2.75) is 6.92 Å². The van der Waals surface area contributed by atoms with Crippen LogP contribution in [0.5, 0.6) is 11.5 Å². The summed E-state index contributed by atoms with van der Waals surface area (Å²) in [5, 5.41) is 15.0. The van der Waals surface area contributed by atoms with Gasteiger partial charge in [-0.15, -0.1) is 0 Å². The summed E-state index contributed by atoms with van der Waals surface area (Å²) in [6.45, 7) is 2.74. The highest BCUT2D eigenvalue weighted by Crippen LogP contribution is 2.32. The van der Waals surface area contributed by atoms with Gasteiger partial charge in [0, 0.05) is 17.4 Å². The third-order valence-electron chi connectivity index (χ3n) is 4.18. The summed E-state index contributed by atoms with van der Waals surface area (Å²) >= 11 is 0. The maximum Gasteiger partial charge on any atom is 0.274 e. The number of hydrogen-bond donors (Lipinski definition) is 2. The summed E-state index contributed by atoms with van der Waals surface area (Å²) in [5.74, 6) is 1.09. The van der Waals surface area contributed by atoms with Gasteiger partial charge in [0.2, 0.25) is 5.95 Å². The molecule has 0 spiro atoms. The van der Waals surface area contributed by atoms with Gasteiger partial charge in [0.05, 0.1) is 11.3 Å². The minimum absolute atomic E-state index is 0.198. The van der Waals surface area contributed by atoms with Crippen LogP contribution in [0.3, 0.4) is 0 Å². The van der Waals surface area contributed by atoms with Gasteiger partial charge in [-0.3, -0.25) is 4.79 Å². The third kappa shape index (κ3) is 4.09. The smallest absolute Gasteiger partial charge is 0.274 e. The molecule has 8 nitrogen and oxygen atoms in total. The summed E-state index contributed by atoms with van der Waals surface area (Å²) in [5.41, 5.74) is 2.41. The first-order valence-electron chi connectivity index (χ1n) is 8.95. The number of nitrogens with one attached hydrogen (secondary N) is 2. The number of amides is 1. The van der Waals surface area contributed by atoms with Crippen LogP contribution in [0, 0.1) is 18.3 Å². The topological polar surface area (TPSA) is 109 Å². The fourth-order valence-electron chi connectivity index (χ4n) is 2.87. The Balaban J connectivity index is 1.55. The van der Waals surface area contributed by atoms with E-state index in [1.807, 2.05) is 0 Å². The normalized spacial score (nSPS) is 12.0. The fraction of sp³-hybridized carbons (Fsp3) is 0.143. The number of carbonyl (C=O) groups excluding carboxylic acids is 1. The molecule has 0 atom stereocenters. The van der Waals surface area contributed by atoms with Crippen LogP contribution >= 0.6 is 0 Å². The maximum atomic E-state index is 12.7. The fourth-order valence-corrected chi connectivity index (χ4v) is 2.87. The lowest BCUT2D eigenvalue weighted by Crippen LogP contribution is -2.17. The Morgan fingerprint density at radius 3 is 2.69 bits per heavy atom. The van der Waals surface area contributed by atoms with Crippen molar-refractivity contribution in [3.63, 3.8) is 0 Å². The molecular weight excluding hydrogens is 370 g/mol. The van der Waals surface area contributed by atoms with Gasteiger partial charge in [-0.1, -0.05) is 12.1 Å². The second-order valence-corrected chi connectivity index (χ2v) is 6.31. The second-order valence-electron chi connectivity index (χ2n) is 6.31. The number of benzene rings is 2. The summed E-state index contributed by atoms with van der Waals surface area (Å²) in [7, 11) is 0. The first-order valence-corrected chi connectivity index (χ1v) is 8.95. The first-order chi connectivity index (χ1) is 14.1. The van der Waals surface area contributed by atoms with Crippen LogP contribution in [-0.4, -0.2) is 29.1 Å². The molecule has 2 heterocycles. The van der Waals surface area contributed by atoms with Crippen molar-refractivity contribution < 1.29 is 14.3 Å². The van der Waals surface area contributed by atoms with Crippen molar-refractivity contribution >= 4 is 23.2 Å². The van der Waals surface area contributed by atoms with E-state index >= 15 is 0 Å². The maximum absolute atomic E-state index is 12.7. The first kappa shape index (κ1) is 18.3. The highest BCUT2D eigenvalue weighted by molar-refractivity contribution is 6.03. The largest absolute Gasteiger partial charge is 0.486 e. The molecule has 8 heteroatoms. The van der Waals surface area contributed by atoms with Gasteiger partial charge in [0.25, 0.3) is 5.91 Å². The zero-order chi connectivity index (χ0) is 20.2. The van der Waals surface area contributed by atoms with Gasteiger partial charge in [-0.05, 0) is 37.3 Å². The minimum Gasteiger partial charge on any atom is -0.486 e. The molecular formula is C21H17N5O3. The molecule has 144 valence electrons. The number of aryl methyl sites for hydroxylation is 1. The third-order valence-corrected chi connectivity index (χ3v) is 4.18. The molecule has 1 aromatic heterocycles. The molecule has 0 bridgehead atoms. The van der Waals surface area contributed by atoms with Crippen LogP contribution in [-0.2, 0) is 0 Å². The van der Waals surface area contributed by atoms with Crippen molar-refractivity contribution in [2.24, 2.45) is 0 Å². The predicted octanol–water partition coefficient (Wildman–Crippen LogP) is 3.42. The molecule has 3 aromatic rings. The number of ether oxygens (including phenoxy) is 2. The summed E-state index contributed by atoms with van der Waals surface area (Å²) < 4.78 is 11.0. The van der Waals surface area contributed by atoms with Gasteiger partial charge >= 0.3 is 0 Å².